The van der Waals surface area contributed by atoms with Crippen LogP contribution >= 0.6 is 11.3 Å². The lowest BCUT2D eigenvalue weighted by molar-refractivity contribution is -0.384. The summed E-state index contributed by atoms with van der Waals surface area (Å²) in [6.45, 7) is 1.44. The number of ether oxygens (including phenoxy) is 1. The lowest BCUT2D eigenvalue weighted by atomic mass is 10.1. The second-order valence-corrected chi connectivity index (χ2v) is 7.24. The molecule has 0 spiro atoms. The molecule has 30 heavy (non-hydrogen) atoms. The number of hydrogen-bond acceptors (Lipinski definition) is 6. The third-order valence-corrected chi connectivity index (χ3v) is 5.00. The number of nitrogens with zero attached hydrogens (tertiary/aromatic N) is 1. The van der Waals surface area contributed by atoms with E-state index in [9.17, 15) is 19.7 Å². The summed E-state index contributed by atoms with van der Waals surface area (Å²) in [6.07, 6.45) is 0.607. The summed E-state index contributed by atoms with van der Waals surface area (Å²) in [7, 11) is 0. The highest BCUT2D eigenvalue weighted by atomic mass is 32.1. The van der Waals surface area contributed by atoms with Crippen molar-refractivity contribution in [1.82, 2.24) is 0 Å². The summed E-state index contributed by atoms with van der Waals surface area (Å²) in [4.78, 5) is 36.3. The summed E-state index contributed by atoms with van der Waals surface area (Å²) < 4.78 is 5.37. The van der Waals surface area contributed by atoms with Crippen LogP contribution in [-0.2, 0) is 14.3 Å². The summed E-state index contributed by atoms with van der Waals surface area (Å²) in [5, 5.41) is 15.2. The highest BCUT2D eigenvalue weighted by molar-refractivity contribution is 7.11. The number of nitrogens with one attached hydrogen (secondary N) is 1. The molecule has 0 aliphatic carbocycles. The number of amides is 1. The maximum Gasteiger partial charge on any atom is 0.340 e. The van der Waals surface area contributed by atoms with Crippen molar-refractivity contribution < 1.29 is 19.2 Å². The van der Waals surface area contributed by atoms with Gasteiger partial charge in [0.1, 0.15) is 0 Å². The number of carbonyl (C=O) groups excluding carboxylic acids is 2. The second kappa shape index (κ2) is 9.62. The van der Waals surface area contributed by atoms with Crippen molar-refractivity contribution in [2.45, 2.75) is 13.0 Å². The molecule has 1 aromatic heterocycles. The van der Waals surface area contributed by atoms with Gasteiger partial charge < -0.3 is 10.1 Å². The molecular formula is C22H18N2O5S. The smallest absolute Gasteiger partial charge is 0.340 e. The van der Waals surface area contributed by atoms with Crippen LogP contribution in [0.3, 0.4) is 0 Å². The molecule has 3 aromatic rings. The van der Waals surface area contributed by atoms with Gasteiger partial charge in [0.2, 0.25) is 0 Å². The van der Waals surface area contributed by atoms with E-state index in [-0.39, 0.29) is 11.4 Å². The van der Waals surface area contributed by atoms with Gasteiger partial charge in [0.05, 0.1) is 10.5 Å². The molecule has 8 heteroatoms. The Morgan fingerprint density at radius 2 is 1.87 bits per heavy atom. The van der Waals surface area contributed by atoms with Crippen LogP contribution in [0, 0.1) is 10.1 Å². The Morgan fingerprint density at radius 1 is 1.10 bits per heavy atom. The van der Waals surface area contributed by atoms with E-state index in [4.69, 9.17) is 4.74 Å². The van der Waals surface area contributed by atoms with Crippen LogP contribution in [0.15, 0.2) is 72.1 Å². The van der Waals surface area contributed by atoms with E-state index in [0.717, 1.165) is 10.4 Å². The molecule has 1 N–H and O–H groups in total. The molecule has 1 atom stereocenters. The molecule has 7 nitrogen and oxygen atoms in total. The van der Waals surface area contributed by atoms with E-state index in [0.29, 0.717) is 5.57 Å². The summed E-state index contributed by atoms with van der Waals surface area (Å²) in [5.41, 5.74) is 1.26. The van der Waals surface area contributed by atoms with Gasteiger partial charge in [-0.15, -0.1) is 11.3 Å². The third-order valence-electron chi connectivity index (χ3n) is 4.09. The van der Waals surface area contributed by atoms with E-state index >= 15 is 0 Å². The number of carbonyl (C=O) groups is 2. The van der Waals surface area contributed by atoms with E-state index in [1.54, 1.807) is 12.1 Å². The molecule has 3 rings (SSSR count). The first-order valence-corrected chi connectivity index (χ1v) is 9.89. The average molecular weight is 422 g/mol. The molecule has 0 radical (unpaired) electrons. The van der Waals surface area contributed by atoms with Crippen LogP contribution in [-0.4, -0.2) is 22.9 Å². The topological polar surface area (TPSA) is 98.5 Å². The van der Waals surface area contributed by atoms with Crippen molar-refractivity contribution in [3.63, 3.8) is 0 Å². The highest BCUT2D eigenvalue weighted by Crippen LogP contribution is 2.25. The van der Waals surface area contributed by atoms with Crippen molar-refractivity contribution in [2.75, 3.05) is 5.32 Å². The number of benzene rings is 2. The predicted octanol–water partition coefficient (Wildman–Crippen LogP) is 4.77. The van der Waals surface area contributed by atoms with Gasteiger partial charge in [-0.05, 0) is 36.1 Å². The van der Waals surface area contributed by atoms with Crippen molar-refractivity contribution in [3.05, 3.63) is 92.7 Å². The van der Waals surface area contributed by atoms with Gasteiger partial charge in [-0.2, -0.15) is 0 Å². The lowest BCUT2D eigenvalue weighted by Gasteiger charge is -2.14. The fraction of sp³-hybridized carbons (Fsp3) is 0.0909. The molecular weight excluding hydrogens is 404 g/mol. The Balaban J connectivity index is 1.74. The van der Waals surface area contributed by atoms with E-state index in [2.05, 4.69) is 5.32 Å². The van der Waals surface area contributed by atoms with Gasteiger partial charge >= 0.3 is 5.97 Å². The van der Waals surface area contributed by atoms with Crippen molar-refractivity contribution in [1.29, 1.82) is 0 Å². The standard InChI is InChI=1S/C22H18N2O5S/c1-15(21(25)23-17-9-5-10-18(14-17)24(27)28)29-22(26)19(20-11-6-12-30-20)13-16-7-3-2-4-8-16/h2-15H,1H3,(H,23,25)/b19-13+. The fourth-order valence-electron chi connectivity index (χ4n) is 2.60. The number of hydrogen-bond donors (Lipinski definition) is 1. The van der Waals surface area contributed by atoms with Gasteiger partial charge in [0.25, 0.3) is 11.6 Å². The van der Waals surface area contributed by atoms with Crippen molar-refractivity contribution in [2.24, 2.45) is 0 Å². The molecule has 152 valence electrons. The first-order valence-electron chi connectivity index (χ1n) is 9.01. The zero-order valence-electron chi connectivity index (χ0n) is 16.0. The van der Waals surface area contributed by atoms with Crippen LogP contribution in [0.25, 0.3) is 11.6 Å². The number of nitro benzene ring substituents is 1. The first-order chi connectivity index (χ1) is 14.4. The minimum Gasteiger partial charge on any atom is -0.449 e. The Labute approximate surface area is 176 Å². The molecule has 1 amide bonds. The zero-order valence-corrected chi connectivity index (χ0v) is 16.8. The van der Waals surface area contributed by atoms with E-state index in [1.165, 1.54) is 42.5 Å². The van der Waals surface area contributed by atoms with Gasteiger partial charge in [-0.25, -0.2) is 4.79 Å². The van der Waals surface area contributed by atoms with Crippen LogP contribution in [0.5, 0.6) is 0 Å². The maximum atomic E-state index is 12.8. The molecule has 1 unspecified atom stereocenters. The number of thiophene rings is 1. The molecule has 2 aromatic carbocycles. The SMILES string of the molecule is CC(OC(=O)/C(=C/c1ccccc1)c1cccs1)C(=O)Nc1cccc([N+](=O)[O-])c1. The predicted molar refractivity (Wildman–Crippen MR) is 116 cm³/mol. The van der Waals surface area contributed by atoms with E-state index in [1.807, 2.05) is 41.8 Å². The van der Waals surface area contributed by atoms with Crippen LogP contribution in [0.4, 0.5) is 11.4 Å². The maximum absolute atomic E-state index is 12.8. The average Bonchev–Trinajstić information content (AvgIpc) is 3.27. The molecule has 0 saturated heterocycles. The minimum atomic E-state index is -1.10. The second-order valence-electron chi connectivity index (χ2n) is 6.29. The normalized spacial score (nSPS) is 12.1. The molecule has 0 bridgehead atoms. The van der Waals surface area contributed by atoms with Gasteiger partial charge in [0.15, 0.2) is 6.10 Å². The van der Waals surface area contributed by atoms with Crippen LogP contribution < -0.4 is 5.32 Å². The van der Waals surface area contributed by atoms with Gasteiger partial charge in [0, 0.05) is 22.7 Å². The zero-order chi connectivity index (χ0) is 21.5. The number of anilines is 1. The largest absolute Gasteiger partial charge is 0.449 e. The summed E-state index contributed by atoms with van der Waals surface area (Å²) in [6, 6.07) is 18.5. The van der Waals surface area contributed by atoms with Crippen LogP contribution in [0.2, 0.25) is 0 Å². The van der Waals surface area contributed by atoms with Crippen molar-refractivity contribution in [3.8, 4) is 0 Å². The lowest BCUT2D eigenvalue weighted by Crippen LogP contribution is -2.30. The number of nitro groups is 1. The molecule has 0 saturated carbocycles. The quantitative estimate of drug-likeness (QED) is 0.256. The minimum absolute atomic E-state index is 0.150. The van der Waals surface area contributed by atoms with Crippen LogP contribution in [0.1, 0.15) is 17.4 Å². The van der Waals surface area contributed by atoms with Gasteiger partial charge in [-0.3, -0.25) is 14.9 Å². The number of rotatable bonds is 7. The molecule has 0 fully saturated rings. The Kier molecular flexibility index (Phi) is 6.71. The Morgan fingerprint density at radius 3 is 2.53 bits per heavy atom. The third kappa shape index (κ3) is 5.39. The van der Waals surface area contributed by atoms with Crippen molar-refractivity contribution >= 4 is 46.2 Å². The monoisotopic (exact) mass is 422 g/mol. The summed E-state index contributed by atoms with van der Waals surface area (Å²) in [5.74, 6) is -1.22. The number of esters is 1. The first kappa shape index (κ1) is 20.9. The molecule has 1 heterocycles. The highest BCUT2D eigenvalue weighted by Gasteiger charge is 2.22. The van der Waals surface area contributed by atoms with E-state index < -0.39 is 22.9 Å². The van der Waals surface area contributed by atoms with Gasteiger partial charge in [-0.1, -0.05) is 42.5 Å². The number of non-ortho nitro benzene ring substituents is 1. The molecule has 0 aliphatic rings. The molecule has 0 aliphatic heterocycles. The summed E-state index contributed by atoms with van der Waals surface area (Å²) >= 11 is 1.39. The Hall–Kier alpha value is -3.78. The fourth-order valence-corrected chi connectivity index (χ4v) is 3.33. The Bertz CT molecular complexity index is 1080.